The molecule has 0 saturated carbocycles. The summed E-state index contributed by atoms with van der Waals surface area (Å²) in [6, 6.07) is 4.90. The van der Waals surface area contributed by atoms with Crippen LogP contribution in [0, 0.1) is 6.08 Å². The van der Waals surface area contributed by atoms with Gasteiger partial charge in [-0.1, -0.05) is 24.2 Å². The maximum atomic E-state index is 11.1. The molecule has 0 atom stereocenters. The third-order valence-electron chi connectivity index (χ3n) is 1.58. The number of carbonyl (C=O) groups is 1. The standard InChI is InChI=1S/C10H8ClO2/c1-3-7-4-5-8(9(11)6-7)10(12)13-2/h4-6H,1H2,2H3. The van der Waals surface area contributed by atoms with Crippen molar-refractivity contribution in [1.29, 1.82) is 0 Å². The van der Waals surface area contributed by atoms with Gasteiger partial charge < -0.3 is 4.74 Å². The lowest BCUT2D eigenvalue weighted by molar-refractivity contribution is 0.0601. The van der Waals surface area contributed by atoms with E-state index in [-0.39, 0.29) is 0 Å². The summed E-state index contributed by atoms with van der Waals surface area (Å²) in [4.78, 5) is 11.1. The molecular weight excluding hydrogens is 188 g/mol. The van der Waals surface area contributed by atoms with E-state index in [1.807, 2.05) is 0 Å². The van der Waals surface area contributed by atoms with Gasteiger partial charge in [0.15, 0.2) is 0 Å². The highest BCUT2D eigenvalue weighted by Crippen LogP contribution is 2.18. The molecule has 1 aromatic carbocycles. The first-order chi connectivity index (χ1) is 6.19. The van der Waals surface area contributed by atoms with Gasteiger partial charge in [0.1, 0.15) is 0 Å². The van der Waals surface area contributed by atoms with Crippen molar-refractivity contribution in [2.75, 3.05) is 7.11 Å². The van der Waals surface area contributed by atoms with Crippen LogP contribution in [0.4, 0.5) is 0 Å². The molecule has 1 radical (unpaired) electrons. The Morgan fingerprint density at radius 1 is 1.62 bits per heavy atom. The fourth-order valence-electron chi connectivity index (χ4n) is 0.901. The summed E-state index contributed by atoms with van der Waals surface area (Å²) in [6.45, 7) is 3.47. The van der Waals surface area contributed by atoms with Gasteiger partial charge in [0.05, 0.1) is 17.7 Å². The highest BCUT2D eigenvalue weighted by Gasteiger charge is 2.09. The van der Waals surface area contributed by atoms with Crippen molar-refractivity contribution in [3.8, 4) is 0 Å². The third kappa shape index (κ3) is 2.10. The van der Waals surface area contributed by atoms with E-state index >= 15 is 0 Å². The van der Waals surface area contributed by atoms with Crippen LogP contribution in [0.15, 0.2) is 24.8 Å². The molecule has 0 saturated heterocycles. The van der Waals surface area contributed by atoms with E-state index in [4.69, 9.17) is 11.6 Å². The number of carbonyl (C=O) groups excluding carboxylic acids is 1. The molecule has 0 aliphatic carbocycles. The van der Waals surface area contributed by atoms with Gasteiger partial charge in [0.2, 0.25) is 0 Å². The molecule has 1 rings (SSSR count). The summed E-state index contributed by atoms with van der Waals surface area (Å²) in [5, 5.41) is 0.348. The zero-order valence-corrected chi connectivity index (χ0v) is 7.89. The largest absolute Gasteiger partial charge is 0.465 e. The van der Waals surface area contributed by atoms with Crippen LogP contribution in [0.5, 0.6) is 0 Å². The van der Waals surface area contributed by atoms with Crippen LogP contribution < -0.4 is 0 Å². The molecule has 67 valence electrons. The topological polar surface area (TPSA) is 26.3 Å². The first-order valence-electron chi connectivity index (χ1n) is 3.60. The Kier molecular flexibility index (Phi) is 3.09. The Bertz CT molecular complexity index is 345. The Morgan fingerprint density at radius 3 is 2.77 bits per heavy atom. The molecule has 0 aliphatic rings. The highest BCUT2D eigenvalue weighted by atomic mass is 35.5. The van der Waals surface area contributed by atoms with Gasteiger partial charge in [-0.2, -0.15) is 0 Å². The smallest absolute Gasteiger partial charge is 0.339 e. The van der Waals surface area contributed by atoms with Crippen LogP contribution in [-0.2, 0) is 4.74 Å². The van der Waals surface area contributed by atoms with Gasteiger partial charge in [0, 0.05) is 0 Å². The van der Waals surface area contributed by atoms with Crippen molar-refractivity contribution in [2.45, 2.75) is 0 Å². The molecule has 0 amide bonds. The maximum absolute atomic E-state index is 11.1. The van der Waals surface area contributed by atoms with Gasteiger partial charge in [0.25, 0.3) is 0 Å². The molecule has 0 bridgehead atoms. The number of ether oxygens (including phenoxy) is 1. The molecule has 0 aliphatic heterocycles. The molecule has 2 nitrogen and oxygen atoms in total. The van der Waals surface area contributed by atoms with Gasteiger partial charge in [-0.3, -0.25) is 0 Å². The van der Waals surface area contributed by atoms with E-state index in [2.05, 4.69) is 17.4 Å². The SMILES string of the molecule is C=[C]c1ccc(C(=O)OC)c(Cl)c1. The Hall–Kier alpha value is -1.28. The number of hydrogen-bond donors (Lipinski definition) is 0. The van der Waals surface area contributed by atoms with E-state index < -0.39 is 5.97 Å². The lowest BCUT2D eigenvalue weighted by Gasteiger charge is -2.02. The van der Waals surface area contributed by atoms with Crippen molar-refractivity contribution in [2.24, 2.45) is 0 Å². The van der Waals surface area contributed by atoms with Gasteiger partial charge in [-0.25, -0.2) is 4.79 Å². The third-order valence-corrected chi connectivity index (χ3v) is 1.89. The molecule has 0 fully saturated rings. The maximum Gasteiger partial charge on any atom is 0.339 e. The number of esters is 1. The average Bonchev–Trinajstić information content (AvgIpc) is 2.16. The van der Waals surface area contributed by atoms with E-state index in [1.54, 1.807) is 18.2 Å². The summed E-state index contributed by atoms with van der Waals surface area (Å²) in [7, 11) is 1.31. The predicted molar refractivity (Wildman–Crippen MR) is 50.8 cm³/mol. The summed E-state index contributed by atoms with van der Waals surface area (Å²) in [5.74, 6) is -0.444. The van der Waals surface area contributed by atoms with Crippen molar-refractivity contribution in [3.05, 3.63) is 47.0 Å². The van der Waals surface area contributed by atoms with Gasteiger partial charge in [-0.15, -0.1) is 0 Å². The minimum Gasteiger partial charge on any atom is -0.465 e. The zero-order valence-electron chi connectivity index (χ0n) is 7.13. The molecule has 0 N–H and O–H groups in total. The molecule has 3 heteroatoms. The van der Waals surface area contributed by atoms with E-state index in [0.29, 0.717) is 10.6 Å². The first kappa shape index (κ1) is 9.81. The van der Waals surface area contributed by atoms with Crippen molar-refractivity contribution < 1.29 is 9.53 Å². The second-order valence-corrected chi connectivity index (χ2v) is 2.77. The number of halogens is 1. The number of benzene rings is 1. The van der Waals surface area contributed by atoms with Crippen LogP contribution in [-0.4, -0.2) is 13.1 Å². The molecule has 0 spiro atoms. The summed E-state index contributed by atoms with van der Waals surface area (Å²) >= 11 is 5.81. The number of methoxy groups -OCH3 is 1. The van der Waals surface area contributed by atoms with Crippen molar-refractivity contribution in [1.82, 2.24) is 0 Å². The monoisotopic (exact) mass is 195 g/mol. The molecule has 13 heavy (non-hydrogen) atoms. The number of hydrogen-bond acceptors (Lipinski definition) is 2. The van der Waals surface area contributed by atoms with Gasteiger partial charge >= 0.3 is 5.97 Å². The van der Waals surface area contributed by atoms with E-state index in [0.717, 1.165) is 5.56 Å². The molecule has 0 heterocycles. The molecular formula is C10H8ClO2. The Balaban J connectivity index is 3.12. The zero-order chi connectivity index (χ0) is 9.84. The average molecular weight is 196 g/mol. The minimum absolute atomic E-state index is 0.348. The van der Waals surface area contributed by atoms with Crippen LogP contribution in [0.3, 0.4) is 0 Å². The molecule has 0 aromatic heterocycles. The second kappa shape index (κ2) is 4.10. The van der Waals surface area contributed by atoms with Gasteiger partial charge in [-0.05, 0) is 23.8 Å². The Labute approximate surface area is 81.8 Å². The van der Waals surface area contributed by atoms with Crippen LogP contribution in [0.25, 0.3) is 0 Å². The molecule has 0 unspecified atom stereocenters. The Morgan fingerprint density at radius 2 is 2.31 bits per heavy atom. The summed E-state index contributed by atoms with van der Waals surface area (Å²) < 4.78 is 4.53. The summed E-state index contributed by atoms with van der Waals surface area (Å²) in [5.41, 5.74) is 1.10. The van der Waals surface area contributed by atoms with Crippen molar-refractivity contribution in [3.63, 3.8) is 0 Å². The quantitative estimate of drug-likeness (QED) is 0.678. The van der Waals surface area contributed by atoms with Crippen LogP contribution in [0.1, 0.15) is 15.9 Å². The van der Waals surface area contributed by atoms with E-state index in [9.17, 15) is 4.79 Å². The summed E-state index contributed by atoms with van der Waals surface area (Å²) in [6.07, 6.45) is 2.67. The van der Waals surface area contributed by atoms with E-state index in [1.165, 1.54) is 7.11 Å². The second-order valence-electron chi connectivity index (χ2n) is 2.36. The lowest BCUT2D eigenvalue weighted by atomic mass is 10.1. The fourth-order valence-corrected chi connectivity index (χ4v) is 1.16. The first-order valence-corrected chi connectivity index (χ1v) is 3.98. The van der Waals surface area contributed by atoms with Crippen LogP contribution in [0.2, 0.25) is 5.02 Å². The predicted octanol–water partition coefficient (Wildman–Crippen LogP) is 2.46. The fraction of sp³-hybridized carbons (Fsp3) is 0.100. The molecule has 1 aromatic rings. The van der Waals surface area contributed by atoms with Crippen LogP contribution >= 0.6 is 11.6 Å². The highest BCUT2D eigenvalue weighted by molar-refractivity contribution is 6.33. The lowest BCUT2D eigenvalue weighted by Crippen LogP contribution is -2.01. The van der Waals surface area contributed by atoms with Crippen molar-refractivity contribution >= 4 is 17.6 Å². The normalized spacial score (nSPS) is 9.38. The minimum atomic E-state index is -0.444. The number of rotatable bonds is 2.